The molecule has 0 unspecified atom stereocenters. The first-order valence-electron chi connectivity index (χ1n) is 5.03. The van der Waals surface area contributed by atoms with Crippen LogP contribution in [0.2, 0.25) is 0 Å². The van der Waals surface area contributed by atoms with E-state index in [0.717, 1.165) is 10.0 Å². The van der Waals surface area contributed by atoms with Gasteiger partial charge in [0.05, 0.1) is 7.11 Å². The summed E-state index contributed by atoms with van der Waals surface area (Å²) in [6, 6.07) is 7.43. The van der Waals surface area contributed by atoms with Crippen LogP contribution < -0.4 is 0 Å². The van der Waals surface area contributed by atoms with Crippen molar-refractivity contribution in [3.63, 3.8) is 0 Å². The van der Waals surface area contributed by atoms with Crippen LogP contribution in [-0.2, 0) is 25.5 Å². The molecular weight excluding hydrogens is 288 g/mol. The first-order valence-corrected chi connectivity index (χ1v) is 5.82. The molecule has 1 atom stereocenters. The second-order valence-corrected chi connectivity index (χ2v) is 4.27. The van der Waals surface area contributed by atoms with Gasteiger partial charge in [-0.1, -0.05) is 34.1 Å². The van der Waals surface area contributed by atoms with Crippen molar-refractivity contribution in [1.82, 2.24) is 0 Å². The van der Waals surface area contributed by atoms with E-state index in [0.29, 0.717) is 0 Å². The van der Waals surface area contributed by atoms with Gasteiger partial charge in [-0.05, 0) is 11.6 Å². The Kier molecular flexibility index (Phi) is 5.15. The second-order valence-electron chi connectivity index (χ2n) is 3.42. The first-order chi connectivity index (χ1) is 8.04. The van der Waals surface area contributed by atoms with E-state index in [1.165, 1.54) is 14.0 Å². The molecule has 0 aliphatic rings. The van der Waals surface area contributed by atoms with Crippen molar-refractivity contribution in [1.29, 1.82) is 0 Å². The fourth-order valence-electron chi connectivity index (χ4n) is 1.37. The van der Waals surface area contributed by atoms with Gasteiger partial charge in [-0.2, -0.15) is 0 Å². The zero-order chi connectivity index (χ0) is 12.8. The highest BCUT2D eigenvalue weighted by Gasteiger charge is 2.23. The van der Waals surface area contributed by atoms with Gasteiger partial charge in [-0.15, -0.1) is 0 Å². The number of rotatable bonds is 4. The summed E-state index contributed by atoms with van der Waals surface area (Å²) in [6.45, 7) is 1.26. The third-order valence-corrected chi connectivity index (χ3v) is 2.91. The Morgan fingerprint density at radius 3 is 2.53 bits per heavy atom. The van der Waals surface area contributed by atoms with E-state index < -0.39 is 18.0 Å². The van der Waals surface area contributed by atoms with Crippen molar-refractivity contribution in [2.75, 3.05) is 7.11 Å². The van der Waals surface area contributed by atoms with Crippen molar-refractivity contribution in [3.05, 3.63) is 34.3 Å². The summed E-state index contributed by atoms with van der Waals surface area (Å²) < 4.78 is 10.4. The zero-order valence-corrected chi connectivity index (χ0v) is 11.2. The van der Waals surface area contributed by atoms with Crippen molar-refractivity contribution < 1.29 is 19.1 Å². The highest BCUT2D eigenvalue weighted by atomic mass is 79.9. The number of methoxy groups -OCH3 is 1. The summed E-state index contributed by atoms with van der Waals surface area (Å²) in [5, 5.41) is 0. The minimum atomic E-state index is -0.906. The predicted octanol–water partition coefficient (Wildman–Crippen LogP) is 2.10. The van der Waals surface area contributed by atoms with Gasteiger partial charge in [0.1, 0.15) is 0 Å². The molecule has 0 aliphatic heterocycles. The molecule has 1 aromatic carbocycles. The average Bonchev–Trinajstić information content (AvgIpc) is 2.29. The van der Waals surface area contributed by atoms with Crippen LogP contribution in [0.15, 0.2) is 28.7 Å². The zero-order valence-electron chi connectivity index (χ0n) is 9.60. The molecule has 0 fully saturated rings. The molecule has 5 heteroatoms. The molecule has 0 heterocycles. The van der Waals surface area contributed by atoms with Crippen LogP contribution in [0.3, 0.4) is 0 Å². The summed E-state index contributed by atoms with van der Waals surface area (Å²) in [7, 11) is 1.26. The van der Waals surface area contributed by atoms with E-state index in [2.05, 4.69) is 20.7 Å². The molecule has 0 saturated heterocycles. The Morgan fingerprint density at radius 1 is 1.35 bits per heavy atom. The molecule has 1 rings (SSSR count). The van der Waals surface area contributed by atoms with Crippen LogP contribution in [-0.4, -0.2) is 25.2 Å². The Labute approximate surface area is 108 Å². The monoisotopic (exact) mass is 300 g/mol. The molecule has 0 N–H and O–H groups in total. The summed E-state index contributed by atoms with van der Waals surface area (Å²) in [5.74, 6) is -1.07. The SMILES string of the molecule is COC(=O)[C@@H](Cc1ccccc1Br)OC(C)=O. The highest BCUT2D eigenvalue weighted by molar-refractivity contribution is 9.10. The van der Waals surface area contributed by atoms with Crippen molar-refractivity contribution in [2.45, 2.75) is 19.4 Å². The van der Waals surface area contributed by atoms with E-state index in [-0.39, 0.29) is 6.42 Å². The molecular formula is C12H13BrO4. The third kappa shape index (κ3) is 4.19. The number of hydrogen-bond donors (Lipinski definition) is 0. The van der Waals surface area contributed by atoms with Crippen LogP contribution in [0.5, 0.6) is 0 Å². The molecule has 0 spiro atoms. The normalized spacial score (nSPS) is 11.7. The molecule has 4 nitrogen and oxygen atoms in total. The molecule has 0 saturated carbocycles. The Hall–Kier alpha value is -1.36. The smallest absolute Gasteiger partial charge is 0.347 e. The number of carbonyl (C=O) groups excluding carboxylic acids is 2. The molecule has 0 bridgehead atoms. The molecule has 0 radical (unpaired) electrons. The average molecular weight is 301 g/mol. The maximum atomic E-state index is 11.4. The second kappa shape index (κ2) is 6.39. The maximum absolute atomic E-state index is 11.4. The van der Waals surface area contributed by atoms with Gasteiger partial charge in [0.25, 0.3) is 0 Å². The lowest BCUT2D eigenvalue weighted by molar-refractivity contribution is -0.164. The van der Waals surface area contributed by atoms with Gasteiger partial charge in [-0.25, -0.2) is 4.79 Å². The molecule has 1 aromatic rings. The Morgan fingerprint density at radius 2 is 2.00 bits per heavy atom. The van der Waals surface area contributed by atoms with Crippen LogP contribution in [0, 0.1) is 0 Å². The summed E-state index contributed by atoms with van der Waals surface area (Å²) >= 11 is 3.37. The lowest BCUT2D eigenvalue weighted by Crippen LogP contribution is -2.29. The summed E-state index contributed by atoms with van der Waals surface area (Å²) in [6.07, 6.45) is -0.621. The van der Waals surface area contributed by atoms with E-state index in [1.54, 1.807) is 0 Å². The molecule has 0 aliphatic carbocycles. The summed E-state index contributed by atoms with van der Waals surface area (Å²) in [5.41, 5.74) is 0.879. The molecule has 0 amide bonds. The largest absolute Gasteiger partial charge is 0.466 e. The Balaban J connectivity index is 2.82. The number of ether oxygens (including phenoxy) is 2. The quantitative estimate of drug-likeness (QED) is 0.799. The van der Waals surface area contributed by atoms with Crippen molar-refractivity contribution in [2.24, 2.45) is 0 Å². The minimum absolute atomic E-state index is 0.285. The fraction of sp³-hybridized carbons (Fsp3) is 0.333. The van der Waals surface area contributed by atoms with E-state index in [4.69, 9.17) is 4.74 Å². The Bertz CT molecular complexity index is 417. The van der Waals surface area contributed by atoms with Crippen LogP contribution in [0.4, 0.5) is 0 Å². The minimum Gasteiger partial charge on any atom is -0.466 e. The van der Waals surface area contributed by atoms with Crippen LogP contribution in [0.25, 0.3) is 0 Å². The van der Waals surface area contributed by atoms with Gasteiger partial charge >= 0.3 is 11.9 Å². The van der Waals surface area contributed by atoms with Gasteiger partial charge in [0, 0.05) is 17.8 Å². The van der Waals surface area contributed by atoms with E-state index in [1.807, 2.05) is 24.3 Å². The standard InChI is InChI=1S/C12H13BrO4/c1-8(14)17-11(12(15)16-2)7-9-5-3-4-6-10(9)13/h3-6,11H,7H2,1-2H3/t11-/m1/s1. The topological polar surface area (TPSA) is 52.6 Å². The molecule has 92 valence electrons. The van der Waals surface area contributed by atoms with Gasteiger partial charge in [0.2, 0.25) is 6.10 Å². The van der Waals surface area contributed by atoms with Gasteiger partial charge in [0.15, 0.2) is 0 Å². The number of benzene rings is 1. The summed E-state index contributed by atoms with van der Waals surface area (Å²) in [4.78, 5) is 22.4. The van der Waals surface area contributed by atoms with Crippen LogP contribution in [0.1, 0.15) is 12.5 Å². The van der Waals surface area contributed by atoms with Crippen molar-refractivity contribution >= 4 is 27.9 Å². The number of carbonyl (C=O) groups is 2. The highest BCUT2D eigenvalue weighted by Crippen LogP contribution is 2.18. The molecule has 0 aromatic heterocycles. The predicted molar refractivity (Wildman–Crippen MR) is 65.4 cm³/mol. The number of esters is 2. The lowest BCUT2D eigenvalue weighted by atomic mass is 10.1. The van der Waals surface area contributed by atoms with E-state index >= 15 is 0 Å². The van der Waals surface area contributed by atoms with Gasteiger partial charge in [-0.3, -0.25) is 4.79 Å². The van der Waals surface area contributed by atoms with Gasteiger partial charge < -0.3 is 9.47 Å². The van der Waals surface area contributed by atoms with E-state index in [9.17, 15) is 9.59 Å². The number of hydrogen-bond acceptors (Lipinski definition) is 4. The number of halogens is 1. The molecule has 17 heavy (non-hydrogen) atoms. The van der Waals surface area contributed by atoms with Crippen molar-refractivity contribution in [3.8, 4) is 0 Å². The third-order valence-electron chi connectivity index (χ3n) is 2.14. The van der Waals surface area contributed by atoms with Crippen LogP contribution >= 0.6 is 15.9 Å². The fourth-order valence-corrected chi connectivity index (χ4v) is 1.82. The first kappa shape index (κ1) is 13.7. The maximum Gasteiger partial charge on any atom is 0.347 e. The lowest BCUT2D eigenvalue weighted by Gasteiger charge is -2.15.